The second-order valence-corrected chi connectivity index (χ2v) is 2.22. The number of amides is 1. The molecular weight excluding hydrogens is 170 g/mol. The van der Waals surface area contributed by atoms with E-state index in [9.17, 15) is 4.79 Å². The first-order chi connectivity index (χ1) is 6.25. The van der Waals surface area contributed by atoms with E-state index in [1.165, 1.54) is 12.3 Å². The number of furan rings is 1. The quantitative estimate of drug-likeness (QED) is 0.536. The molecule has 0 saturated carbocycles. The summed E-state index contributed by atoms with van der Waals surface area (Å²) < 4.78 is 4.91. The highest BCUT2D eigenvalue weighted by Gasteiger charge is 2.09. The van der Waals surface area contributed by atoms with E-state index in [1.54, 1.807) is 13.0 Å². The third-order valence-electron chi connectivity index (χ3n) is 1.39. The molecule has 0 aliphatic rings. The lowest BCUT2D eigenvalue weighted by Crippen LogP contribution is -2.17. The number of hydrazone groups is 1. The predicted octanol–water partition coefficient (Wildman–Crippen LogP) is 0.827. The molecule has 5 heteroatoms. The van der Waals surface area contributed by atoms with Crippen LogP contribution in [0.15, 0.2) is 21.8 Å². The van der Waals surface area contributed by atoms with E-state index in [2.05, 4.69) is 10.5 Å². The average Bonchev–Trinajstić information content (AvgIpc) is 2.52. The van der Waals surface area contributed by atoms with Gasteiger partial charge in [-0.1, -0.05) is 0 Å². The largest absolute Gasteiger partial charge is 0.469 e. The lowest BCUT2D eigenvalue weighted by molar-refractivity contribution is 0.0953. The third-order valence-corrected chi connectivity index (χ3v) is 1.39. The van der Waals surface area contributed by atoms with Crippen LogP contribution in [0.4, 0.5) is 0 Å². The average molecular weight is 177 g/mol. The molecule has 1 aromatic heterocycles. The Morgan fingerprint density at radius 2 is 2.62 bits per heavy atom. The molecular formula is C8H7N3O2. The van der Waals surface area contributed by atoms with Crippen LogP contribution in [-0.2, 0) is 0 Å². The monoisotopic (exact) mass is 177 g/mol. The second kappa shape index (κ2) is 4.07. The standard InChI is InChI=1S/C8H7N3O2/c1-6-7(2-5-13-6)8(12)11-10-4-3-9/h2,4-5H,1H3,(H,11,12)/b10-4+. The van der Waals surface area contributed by atoms with E-state index in [1.807, 2.05) is 0 Å². The Labute approximate surface area is 74.7 Å². The Morgan fingerprint density at radius 3 is 3.15 bits per heavy atom. The molecule has 0 aromatic carbocycles. The van der Waals surface area contributed by atoms with Crippen LogP contribution >= 0.6 is 0 Å². The highest BCUT2D eigenvalue weighted by atomic mass is 16.3. The number of carbonyl (C=O) groups is 1. The van der Waals surface area contributed by atoms with Crippen molar-refractivity contribution in [3.8, 4) is 6.07 Å². The molecule has 0 atom stereocenters. The van der Waals surface area contributed by atoms with Gasteiger partial charge in [-0.25, -0.2) is 5.43 Å². The summed E-state index contributed by atoms with van der Waals surface area (Å²) in [5.74, 6) is 0.127. The molecule has 0 fully saturated rings. The topological polar surface area (TPSA) is 78.4 Å². The molecule has 0 saturated heterocycles. The van der Waals surface area contributed by atoms with Gasteiger partial charge in [-0.15, -0.1) is 0 Å². The predicted molar refractivity (Wildman–Crippen MR) is 45.0 cm³/mol. The molecule has 1 N–H and O–H groups in total. The van der Waals surface area contributed by atoms with Crippen LogP contribution in [0.1, 0.15) is 16.1 Å². The van der Waals surface area contributed by atoms with Crippen LogP contribution in [0.25, 0.3) is 0 Å². The molecule has 1 rings (SSSR count). The van der Waals surface area contributed by atoms with Gasteiger partial charge in [0.15, 0.2) is 0 Å². The fraction of sp³-hybridized carbons (Fsp3) is 0.125. The van der Waals surface area contributed by atoms with Gasteiger partial charge in [-0.3, -0.25) is 4.79 Å². The zero-order valence-corrected chi connectivity index (χ0v) is 6.94. The first-order valence-corrected chi connectivity index (χ1v) is 3.51. The molecule has 0 bridgehead atoms. The van der Waals surface area contributed by atoms with E-state index >= 15 is 0 Å². The Hall–Kier alpha value is -2.09. The minimum Gasteiger partial charge on any atom is -0.469 e. The van der Waals surface area contributed by atoms with Crippen molar-refractivity contribution >= 4 is 12.1 Å². The highest BCUT2D eigenvalue weighted by molar-refractivity contribution is 5.95. The maximum absolute atomic E-state index is 11.2. The van der Waals surface area contributed by atoms with Gasteiger partial charge in [0, 0.05) is 0 Å². The molecule has 0 spiro atoms. The number of nitrogens with zero attached hydrogens (tertiary/aromatic N) is 2. The molecule has 0 aliphatic heterocycles. The lowest BCUT2D eigenvalue weighted by Gasteiger charge is -1.94. The van der Waals surface area contributed by atoms with Crippen LogP contribution in [-0.4, -0.2) is 12.1 Å². The van der Waals surface area contributed by atoms with Gasteiger partial charge in [-0.2, -0.15) is 10.4 Å². The summed E-state index contributed by atoms with van der Waals surface area (Å²) in [6.07, 6.45) is 2.35. The zero-order chi connectivity index (χ0) is 9.68. The van der Waals surface area contributed by atoms with Crippen molar-refractivity contribution in [3.05, 3.63) is 23.7 Å². The number of carbonyl (C=O) groups excluding carboxylic acids is 1. The summed E-state index contributed by atoms with van der Waals surface area (Å²) in [4.78, 5) is 11.2. The number of nitriles is 1. The first-order valence-electron chi connectivity index (χ1n) is 3.51. The van der Waals surface area contributed by atoms with Crippen molar-refractivity contribution in [2.75, 3.05) is 0 Å². The van der Waals surface area contributed by atoms with Crippen LogP contribution in [0.3, 0.4) is 0 Å². The Morgan fingerprint density at radius 1 is 1.85 bits per heavy atom. The van der Waals surface area contributed by atoms with Gasteiger partial charge in [0.05, 0.1) is 11.8 Å². The van der Waals surface area contributed by atoms with Crippen molar-refractivity contribution in [1.29, 1.82) is 5.26 Å². The Balaban J connectivity index is 2.66. The van der Waals surface area contributed by atoms with Crippen molar-refractivity contribution in [2.24, 2.45) is 5.10 Å². The molecule has 5 nitrogen and oxygen atoms in total. The fourth-order valence-electron chi connectivity index (χ4n) is 0.801. The van der Waals surface area contributed by atoms with E-state index in [4.69, 9.17) is 9.68 Å². The normalized spacial score (nSPS) is 9.85. The third kappa shape index (κ3) is 2.17. The molecule has 13 heavy (non-hydrogen) atoms. The smallest absolute Gasteiger partial charge is 0.274 e. The van der Waals surface area contributed by atoms with Crippen molar-refractivity contribution in [3.63, 3.8) is 0 Å². The maximum atomic E-state index is 11.2. The van der Waals surface area contributed by atoms with Gasteiger partial charge >= 0.3 is 0 Å². The molecule has 1 heterocycles. The van der Waals surface area contributed by atoms with Gasteiger partial charge in [0.2, 0.25) is 0 Å². The van der Waals surface area contributed by atoms with Crippen molar-refractivity contribution in [1.82, 2.24) is 5.43 Å². The molecule has 1 aromatic rings. The molecule has 66 valence electrons. The second-order valence-electron chi connectivity index (χ2n) is 2.22. The minimum atomic E-state index is -0.391. The summed E-state index contributed by atoms with van der Waals surface area (Å²) >= 11 is 0. The van der Waals surface area contributed by atoms with Gasteiger partial charge in [0.25, 0.3) is 5.91 Å². The van der Waals surface area contributed by atoms with E-state index in [-0.39, 0.29) is 0 Å². The molecule has 0 radical (unpaired) electrons. The van der Waals surface area contributed by atoms with Gasteiger partial charge in [-0.05, 0) is 13.0 Å². The summed E-state index contributed by atoms with van der Waals surface area (Å²) in [6.45, 7) is 1.67. The van der Waals surface area contributed by atoms with Crippen LogP contribution in [0.2, 0.25) is 0 Å². The maximum Gasteiger partial charge on any atom is 0.274 e. The SMILES string of the molecule is Cc1occc1C(=O)N/N=C/C#N. The Kier molecular flexibility index (Phi) is 2.82. The van der Waals surface area contributed by atoms with Crippen LogP contribution in [0, 0.1) is 18.3 Å². The number of hydrogen-bond acceptors (Lipinski definition) is 4. The summed E-state index contributed by atoms with van der Waals surface area (Å²) in [6, 6.07) is 3.19. The van der Waals surface area contributed by atoms with Crippen LogP contribution < -0.4 is 5.43 Å². The molecule has 0 aliphatic carbocycles. The van der Waals surface area contributed by atoms with Gasteiger partial charge < -0.3 is 4.42 Å². The van der Waals surface area contributed by atoms with E-state index < -0.39 is 5.91 Å². The van der Waals surface area contributed by atoms with E-state index in [0.717, 1.165) is 6.21 Å². The lowest BCUT2D eigenvalue weighted by atomic mass is 10.2. The number of nitrogens with one attached hydrogen (secondary N) is 1. The fourth-order valence-corrected chi connectivity index (χ4v) is 0.801. The number of rotatable bonds is 2. The van der Waals surface area contributed by atoms with Crippen molar-refractivity contribution in [2.45, 2.75) is 6.92 Å². The summed E-state index contributed by atoms with van der Waals surface area (Å²) in [5, 5.41) is 11.5. The minimum absolute atomic E-state index is 0.391. The summed E-state index contributed by atoms with van der Waals surface area (Å²) in [7, 11) is 0. The van der Waals surface area contributed by atoms with Crippen LogP contribution in [0.5, 0.6) is 0 Å². The summed E-state index contributed by atoms with van der Waals surface area (Å²) in [5.41, 5.74) is 2.59. The highest BCUT2D eigenvalue weighted by Crippen LogP contribution is 2.07. The zero-order valence-electron chi connectivity index (χ0n) is 6.94. The molecule has 1 amide bonds. The van der Waals surface area contributed by atoms with Crippen molar-refractivity contribution < 1.29 is 9.21 Å². The first kappa shape index (κ1) is 9.00. The molecule has 0 unspecified atom stereocenters. The Bertz CT molecular complexity index is 373. The van der Waals surface area contributed by atoms with Gasteiger partial charge in [0.1, 0.15) is 18.0 Å². The number of hydrogen-bond donors (Lipinski definition) is 1. The number of aryl methyl sites for hydroxylation is 1. The van der Waals surface area contributed by atoms with E-state index in [0.29, 0.717) is 11.3 Å².